The minimum Gasteiger partial charge on any atom is -0.469 e. The summed E-state index contributed by atoms with van der Waals surface area (Å²) in [6, 6.07) is 0. The summed E-state index contributed by atoms with van der Waals surface area (Å²) < 4.78 is 17.2. The van der Waals surface area contributed by atoms with Gasteiger partial charge in [-0.3, -0.25) is 4.79 Å². The average Bonchev–Trinajstić information content (AvgIpc) is 2.51. The topological polar surface area (TPSA) is 26.3 Å². The van der Waals surface area contributed by atoms with Crippen LogP contribution in [0.3, 0.4) is 0 Å². The zero-order valence-corrected chi connectivity index (χ0v) is 8.43. The summed E-state index contributed by atoms with van der Waals surface area (Å²) in [7, 11) is 1.36. The lowest BCUT2D eigenvalue weighted by Gasteiger charge is -1.98. The van der Waals surface area contributed by atoms with Gasteiger partial charge >= 0.3 is 5.97 Å². The zero-order valence-electron chi connectivity index (χ0n) is 8.43. The van der Waals surface area contributed by atoms with E-state index in [2.05, 4.69) is 4.74 Å². The van der Waals surface area contributed by atoms with Crippen molar-refractivity contribution in [1.29, 1.82) is 0 Å². The van der Waals surface area contributed by atoms with Crippen LogP contribution >= 0.6 is 0 Å². The molecule has 0 amide bonds. The lowest BCUT2D eigenvalue weighted by atomic mass is 10.1. The van der Waals surface area contributed by atoms with Crippen LogP contribution in [0.1, 0.15) is 20.8 Å². The summed E-state index contributed by atoms with van der Waals surface area (Å²) in [6.07, 6.45) is 1.50. The highest BCUT2D eigenvalue weighted by Crippen LogP contribution is 2.59. The van der Waals surface area contributed by atoms with Gasteiger partial charge in [0.1, 0.15) is 0 Å². The molecule has 1 rings (SSSR count). The van der Waals surface area contributed by atoms with Gasteiger partial charge in [0.15, 0.2) is 0 Å². The van der Waals surface area contributed by atoms with Crippen LogP contribution in [0.15, 0.2) is 11.9 Å². The number of ether oxygens (including phenoxy) is 1. The van der Waals surface area contributed by atoms with Gasteiger partial charge in [-0.05, 0) is 24.3 Å². The average molecular weight is 186 g/mol. The van der Waals surface area contributed by atoms with E-state index in [0.717, 1.165) is 0 Å². The largest absolute Gasteiger partial charge is 0.469 e. The number of carbonyl (C=O) groups excluding carboxylic acids is 1. The Labute approximate surface area is 77.8 Å². The molecule has 2 atom stereocenters. The minimum absolute atomic E-state index is 0.00931. The molecule has 1 fully saturated rings. The van der Waals surface area contributed by atoms with Crippen LogP contribution in [-0.4, -0.2) is 13.1 Å². The van der Waals surface area contributed by atoms with Crippen LogP contribution in [0.25, 0.3) is 0 Å². The molecule has 0 aliphatic heterocycles. The Balaban J connectivity index is 2.72. The van der Waals surface area contributed by atoms with Crippen molar-refractivity contribution in [3.8, 4) is 0 Å². The van der Waals surface area contributed by atoms with E-state index < -0.39 is 0 Å². The second kappa shape index (κ2) is 3.13. The monoisotopic (exact) mass is 186 g/mol. The summed E-state index contributed by atoms with van der Waals surface area (Å²) in [5, 5.41) is 0. The van der Waals surface area contributed by atoms with Crippen LogP contribution in [0, 0.1) is 17.3 Å². The molecule has 0 saturated heterocycles. The van der Waals surface area contributed by atoms with Crippen molar-refractivity contribution in [1.82, 2.24) is 0 Å². The molecule has 1 aliphatic carbocycles. The van der Waals surface area contributed by atoms with Gasteiger partial charge in [-0.2, -0.15) is 0 Å². The molecule has 1 saturated carbocycles. The first kappa shape index (κ1) is 10.2. The Morgan fingerprint density at radius 3 is 2.46 bits per heavy atom. The van der Waals surface area contributed by atoms with E-state index in [4.69, 9.17) is 0 Å². The maximum atomic E-state index is 12.6. The maximum absolute atomic E-state index is 12.6. The van der Waals surface area contributed by atoms with Crippen LogP contribution in [0.4, 0.5) is 4.39 Å². The Morgan fingerprint density at radius 2 is 2.08 bits per heavy atom. The molecule has 0 aromatic rings. The number of esters is 1. The number of rotatable bonds is 2. The lowest BCUT2D eigenvalue weighted by Crippen LogP contribution is -2.07. The molecule has 0 heterocycles. The van der Waals surface area contributed by atoms with Crippen molar-refractivity contribution in [3.05, 3.63) is 11.9 Å². The molecule has 0 bridgehead atoms. The Kier molecular flexibility index (Phi) is 2.46. The molecule has 0 aromatic heterocycles. The summed E-state index contributed by atoms with van der Waals surface area (Å²) in [5.41, 5.74) is -0.152. The normalized spacial score (nSPS) is 31.3. The number of hydrogen-bond acceptors (Lipinski definition) is 2. The van der Waals surface area contributed by atoms with Crippen LogP contribution in [0.5, 0.6) is 0 Å². The van der Waals surface area contributed by atoms with Gasteiger partial charge in [0.2, 0.25) is 0 Å². The zero-order chi connectivity index (χ0) is 10.2. The van der Waals surface area contributed by atoms with E-state index in [9.17, 15) is 9.18 Å². The summed E-state index contributed by atoms with van der Waals surface area (Å²) in [6.45, 7) is 5.28. The molecule has 0 aromatic carbocycles. The number of hydrogen-bond donors (Lipinski definition) is 0. The third kappa shape index (κ3) is 1.74. The van der Waals surface area contributed by atoms with E-state index in [0.29, 0.717) is 0 Å². The predicted octanol–water partition coefficient (Wildman–Crippen LogP) is 2.30. The minimum atomic E-state index is -0.243. The van der Waals surface area contributed by atoms with E-state index >= 15 is 0 Å². The molecule has 0 spiro atoms. The number of carbonyl (C=O) groups is 1. The Bertz CT molecular complexity index is 252. The molecule has 1 aliphatic rings. The first-order chi connectivity index (χ1) is 5.91. The number of methoxy groups -OCH3 is 1. The SMILES string of the molecule is COC(=O)[C@@H]1[C@H](C=C(C)F)C1(C)C. The van der Waals surface area contributed by atoms with Crippen molar-refractivity contribution >= 4 is 5.97 Å². The van der Waals surface area contributed by atoms with Crippen molar-refractivity contribution in [3.63, 3.8) is 0 Å². The fourth-order valence-electron chi connectivity index (χ4n) is 1.81. The van der Waals surface area contributed by atoms with E-state index in [1.807, 2.05) is 13.8 Å². The highest BCUT2D eigenvalue weighted by Gasteiger charge is 2.61. The summed E-state index contributed by atoms with van der Waals surface area (Å²) in [5.74, 6) is -0.662. The molecule has 0 N–H and O–H groups in total. The van der Waals surface area contributed by atoms with Crippen LogP contribution < -0.4 is 0 Å². The predicted molar refractivity (Wildman–Crippen MR) is 47.6 cm³/mol. The molecule has 0 radical (unpaired) electrons. The maximum Gasteiger partial charge on any atom is 0.309 e. The number of allylic oxidation sites excluding steroid dienone is 2. The van der Waals surface area contributed by atoms with Crippen molar-refractivity contribution in [2.24, 2.45) is 17.3 Å². The summed E-state index contributed by atoms with van der Waals surface area (Å²) >= 11 is 0. The quantitative estimate of drug-likeness (QED) is 0.618. The van der Waals surface area contributed by atoms with Gasteiger partial charge in [-0.25, -0.2) is 4.39 Å². The fraction of sp³-hybridized carbons (Fsp3) is 0.700. The first-order valence-electron chi connectivity index (χ1n) is 4.33. The molecule has 3 heteroatoms. The standard InChI is InChI=1S/C10H15FO2/c1-6(11)5-7-8(9(12)13-4)10(7,2)3/h5,7-8H,1-4H3/t7-,8-/m0/s1. The van der Waals surface area contributed by atoms with Gasteiger partial charge in [0.05, 0.1) is 18.9 Å². The molecular weight excluding hydrogens is 171 g/mol. The van der Waals surface area contributed by atoms with Gasteiger partial charge < -0.3 is 4.74 Å². The van der Waals surface area contributed by atoms with Gasteiger partial charge in [0.25, 0.3) is 0 Å². The molecule has 74 valence electrons. The molecular formula is C10H15FO2. The lowest BCUT2D eigenvalue weighted by molar-refractivity contribution is -0.143. The second-order valence-corrected chi connectivity index (χ2v) is 4.10. The van der Waals surface area contributed by atoms with Gasteiger partial charge in [-0.1, -0.05) is 13.8 Å². The first-order valence-corrected chi connectivity index (χ1v) is 4.33. The Morgan fingerprint density at radius 1 is 1.54 bits per heavy atom. The van der Waals surface area contributed by atoms with E-state index in [-0.39, 0.29) is 29.0 Å². The molecule has 0 unspecified atom stereocenters. The number of halogens is 1. The van der Waals surface area contributed by atoms with Crippen LogP contribution in [0.2, 0.25) is 0 Å². The van der Waals surface area contributed by atoms with Crippen molar-refractivity contribution in [2.45, 2.75) is 20.8 Å². The third-order valence-corrected chi connectivity index (χ3v) is 2.78. The second-order valence-electron chi connectivity index (χ2n) is 4.10. The third-order valence-electron chi connectivity index (χ3n) is 2.78. The van der Waals surface area contributed by atoms with Crippen molar-refractivity contribution in [2.75, 3.05) is 7.11 Å². The molecule has 13 heavy (non-hydrogen) atoms. The van der Waals surface area contributed by atoms with E-state index in [1.165, 1.54) is 20.1 Å². The summed E-state index contributed by atoms with van der Waals surface area (Å²) in [4.78, 5) is 11.2. The molecule has 2 nitrogen and oxygen atoms in total. The van der Waals surface area contributed by atoms with Gasteiger partial charge in [0, 0.05) is 0 Å². The fourth-order valence-corrected chi connectivity index (χ4v) is 1.81. The van der Waals surface area contributed by atoms with Crippen molar-refractivity contribution < 1.29 is 13.9 Å². The smallest absolute Gasteiger partial charge is 0.309 e. The van der Waals surface area contributed by atoms with Gasteiger partial charge in [-0.15, -0.1) is 0 Å². The highest BCUT2D eigenvalue weighted by molar-refractivity contribution is 5.78. The highest BCUT2D eigenvalue weighted by atomic mass is 19.1. The van der Waals surface area contributed by atoms with E-state index in [1.54, 1.807) is 0 Å². The van der Waals surface area contributed by atoms with Crippen LogP contribution in [-0.2, 0) is 9.53 Å². The Hall–Kier alpha value is -0.860.